The van der Waals surface area contributed by atoms with Gasteiger partial charge in [-0.15, -0.1) is 32.8 Å². The van der Waals surface area contributed by atoms with Crippen LogP contribution in [0, 0.1) is 53.0 Å². The van der Waals surface area contributed by atoms with Crippen LogP contribution >= 0.6 is 12.4 Å². The highest BCUT2D eigenvalue weighted by atomic mass is 35.5. The maximum absolute atomic E-state index is 14.2. The first-order valence-corrected chi connectivity index (χ1v) is 43.3. The number of carboxylic acid groups (broad SMARTS) is 2. The molecule has 2 aliphatic heterocycles. The lowest BCUT2D eigenvalue weighted by Crippen LogP contribution is -2.51. The minimum absolute atomic E-state index is 0. The van der Waals surface area contributed by atoms with E-state index in [2.05, 4.69) is 119 Å². The van der Waals surface area contributed by atoms with Gasteiger partial charge in [-0.1, -0.05) is 148 Å². The van der Waals surface area contributed by atoms with Crippen molar-refractivity contribution < 1.29 is 71.2 Å². The number of carbonyl (C=O) groups is 8. The highest BCUT2D eigenvalue weighted by Crippen LogP contribution is 2.50. The van der Waals surface area contributed by atoms with Gasteiger partial charge in [-0.2, -0.15) is 10.4 Å². The quantitative estimate of drug-likeness (QED) is 0.0246. The van der Waals surface area contributed by atoms with Crippen LogP contribution in [-0.4, -0.2) is 144 Å². The lowest BCUT2D eigenvalue weighted by molar-refractivity contribution is -0.139. The maximum atomic E-state index is 14.2. The Labute approximate surface area is 749 Å². The summed E-state index contributed by atoms with van der Waals surface area (Å²) < 4.78 is 49.6. The Morgan fingerprint density at radius 2 is 0.921 bits per heavy atom. The number of rotatable bonds is 25. The Hall–Kier alpha value is -11.4. The van der Waals surface area contributed by atoms with E-state index in [9.17, 15) is 56.6 Å². The Bertz CT molecular complexity index is 4840. The number of ether oxygens (including phenoxy) is 2. The summed E-state index contributed by atoms with van der Waals surface area (Å²) in [6.07, 6.45) is 15.5. The van der Waals surface area contributed by atoms with Gasteiger partial charge in [-0.05, 0) is 259 Å². The number of amides is 4. The number of nitrogens with zero attached hydrogens (tertiary/aromatic N) is 10. The van der Waals surface area contributed by atoms with Gasteiger partial charge in [0, 0.05) is 35.6 Å². The average Bonchev–Trinajstić information content (AvgIpc) is 1.59. The number of carbonyl (C=O) groups excluding carboxylic acids is 6. The van der Waals surface area contributed by atoms with Crippen LogP contribution < -0.4 is 22.1 Å². The second kappa shape index (κ2) is 49.6. The Balaban J connectivity index is 0.000000256. The Morgan fingerprint density at radius 1 is 0.543 bits per heavy atom. The van der Waals surface area contributed by atoms with E-state index in [0.717, 1.165) is 156 Å². The van der Waals surface area contributed by atoms with Gasteiger partial charge < -0.3 is 51.6 Å². The number of alkyl carbamates (subject to hydrolysis) is 1. The summed E-state index contributed by atoms with van der Waals surface area (Å²) in [7, 11) is 1.37. The smallest absolute Gasteiger partial charge is 0.408 e. The van der Waals surface area contributed by atoms with Gasteiger partial charge in [-0.25, -0.2) is 32.3 Å². The van der Waals surface area contributed by atoms with Crippen LogP contribution in [0.3, 0.4) is 0 Å². The number of hydrogen-bond acceptors (Lipinski definition) is 20. The average molecular weight is 1780 g/mol. The van der Waals surface area contributed by atoms with Crippen molar-refractivity contribution in [1.82, 2.24) is 61.7 Å². The van der Waals surface area contributed by atoms with E-state index in [1.54, 1.807) is 81.4 Å². The zero-order valence-electron chi connectivity index (χ0n) is 74.4. The number of Topliss-reactive ketones (excluding diaryl/α,β-unsaturated/α-hetero) is 1. The summed E-state index contributed by atoms with van der Waals surface area (Å²) >= 11 is 0. The van der Waals surface area contributed by atoms with Crippen LogP contribution in [0.15, 0.2) is 156 Å². The van der Waals surface area contributed by atoms with Crippen LogP contribution in [0.4, 0.5) is 18.0 Å². The molecule has 8 aromatic rings. The number of nitrogens with one attached hydrogen (secondary N) is 4. The molecule has 28 nitrogen and oxygen atoms in total. The first-order valence-electron chi connectivity index (χ1n) is 43.3. The van der Waals surface area contributed by atoms with Crippen molar-refractivity contribution >= 4 is 71.3 Å². The Kier molecular flexibility index (Phi) is 40.8. The number of halogens is 4. The van der Waals surface area contributed by atoms with Gasteiger partial charge >= 0.3 is 24.0 Å². The van der Waals surface area contributed by atoms with Crippen molar-refractivity contribution in [1.29, 1.82) is 0 Å². The molecule has 2 aromatic heterocycles. The molecule has 4 atom stereocenters. The zero-order valence-corrected chi connectivity index (χ0v) is 75.2. The minimum Gasteiger partial charge on any atom is -0.479 e. The number of benzene rings is 6. The van der Waals surface area contributed by atoms with E-state index >= 15 is 0 Å². The Morgan fingerprint density at radius 3 is 1.28 bits per heavy atom. The lowest BCUT2D eigenvalue weighted by Gasteiger charge is -2.46. The summed E-state index contributed by atoms with van der Waals surface area (Å²) in [5.74, 6) is 1.16. The number of nitrogens with two attached hydrogens (primary N) is 2. The molecule has 127 heavy (non-hydrogen) atoms. The molecule has 0 saturated heterocycles. The number of carboxylic acids is 2. The normalized spacial score (nSPS) is 18.7. The van der Waals surface area contributed by atoms with E-state index in [1.807, 2.05) is 46.2 Å². The number of aliphatic carboxylic acids is 1. The van der Waals surface area contributed by atoms with Crippen LogP contribution in [0.2, 0.25) is 0 Å². The second-order valence-corrected chi connectivity index (χ2v) is 34.2. The summed E-state index contributed by atoms with van der Waals surface area (Å²) in [6, 6.07) is 36.8. The van der Waals surface area contributed by atoms with Crippen molar-refractivity contribution in [2.45, 2.75) is 260 Å². The molecule has 688 valence electrons. The molecule has 10 N–H and O–H groups in total. The molecular formula is C95H128ClF3N16O12. The number of aromatic nitrogens is 8. The second-order valence-electron chi connectivity index (χ2n) is 34.2. The molecule has 13 rings (SSSR count). The summed E-state index contributed by atoms with van der Waals surface area (Å²) in [5, 5.41) is 49.6. The van der Waals surface area contributed by atoms with Crippen molar-refractivity contribution in [3.05, 3.63) is 225 Å². The fourth-order valence-electron chi connectivity index (χ4n) is 16.3. The van der Waals surface area contributed by atoms with Crippen LogP contribution in [-0.2, 0) is 41.7 Å². The predicted octanol–water partition coefficient (Wildman–Crippen LogP) is 18.1. The van der Waals surface area contributed by atoms with Gasteiger partial charge in [0.15, 0.2) is 17.7 Å². The van der Waals surface area contributed by atoms with E-state index in [0.29, 0.717) is 81.3 Å². The molecule has 2 spiro atoms. The highest BCUT2D eigenvalue weighted by molar-refractivity contribution is 6.47. The van der Waals surface area contributed by atoms with E-state index < -0.39 is 46.8 Å². The number of aromatic amines is 2. The van der Waals surface area contributed by atoms with Crippen molar-refractivity contribution in [3.63, 3.8) is 0 Å². The first kappa shape index (κ1) is 104. The third-order valence-corrected chi connectivity index (χ3v) is 23.4. The molecule has 0 radical (unpaired) electrons. The lowest BCUT2D eigenvalue weighted by atomic mass is 9.76. The molecule has 0 bridgehead atoms. The largest absolute Gasteiger partial charge is 0.479 e. The molecule has 4 heterocycles. The van der Waals surface area contributed by atoms with E-state index in [1.165, 1.54) is 43.5 Å². The number of tetrazole rings is 2. The topological polar surface area (TPSA) is 412 Å². The third-order valence-electron chi connectivity index (χ3n) is 23.4. The molecule has 32 heteroatoms. The van der Waals surface area contributed by atoms with Crippen molar-refractivity contribution in [3.8, 4) is 0 Å². The van der Waals surface area contributed by atoms with Gasteiger partial charge in [0.05, 0.1) is 43.4 Å². The van der Waals surface area contributed by atoms with Crippen molar-refractivity contribution in [2.75, 3.05) is 7.11 Å². The fraction of sp³-hybridized carbons (Fsp3) is 0.495. The number of aromatic carboxylic acids is 1. The zero-order chi connectivity index (χ0) is 91.3. The minimum atomic E-state index is -1.28. The number of ketones is 1. The molecule has 3 saturated carbocycles. The van der Waals surface area contributed by atoms with Gasteiger partial charge in [0.1, 0.15) is 51.6 Å². The van der Waals surface area contributed by atoms with Crippen molar-refractivity contribution in [2.24, 2.45) is 57.0 Å². The van der Waals surface area contributed by atoms with Crippen LogP contribution in [0.25, 0.3) is 0 Å². The molecule has 3 fully saturated rings. The molecule has 3 aliphatic carbocycles. The van der Waals surface area contributed by atoms with E-state index in [4.69, 9.17) is 31.3 Å². The standard InChI is InChI=1S/C30H36FN7O2.C28H33FN2O3.C13H16FNO4.C12H17NO2.C9H16O.C2H5N5.CH4.ClH/c1-4-5-25(21-6-8-23(9-7-21)28(39)32-18-26-34-36-37-35-26)38-29(40)27(22-10-12-24(31)13-11-22)33-30(38)16-14-20(15-17-30)19(2)3;1-4-5-24(20-6-8-22(9-7-20)27(33)34)31-26(32)25(21-10-12-23(29)13-11-21)30-28(31)16-14-19(15-17-28)18(2)3;1-13(2,3)19-12(18)15-10(11(16)17)8-4-6-9(14)7-5-8;1-3-4-11(13)9-5-7-10(8-6-9)12(14)15-2;1-7(2)8-3-5-9(10)6-4-8;3-1-2-4-6-7-5-2;;/h6-13,19-20,25H,4-5,14-18H2,1-3H3,(H,32,39)(H,34,35,36,37);6-13,18-19,24H,4-5,14-17H2,1-3H3,(H,33,34);4-7,10H,1-3H3,(H,15,18)(H,16,17);5-8,11H,3-4,13H2,1-2H3;7-8H,3-6H2,1-2H3;1,3H2,(H,4,5,6,7);1H4;1H/t20?,25-,30?;19?,24-,28?;;11-;;;;/m11.1..../s1. The molecule has 5 aliphatic rings. The monoisotopic (exact) mass is 1780 g/mol. The van der Waals surface area contributed by atoms with Gasteiger partial charge in [0.2, 0.25) is 0 Å². The van der Waals surface area contributed by atoms with Gasteiger partial charge in [0.25, 0.3) is 17.7 Å². The summed E-state index contributed by atoms with van der Waals surface area (Å²) in [6.45, 7) is 25.3. The van der Waals surface area contributed by atoms with E-state index in [-0.39, 0.29) is 91.0 Å². The number of aliphatic imine (C=N–C) groups is 2. The predicted molar refractivity (Wildman–Crippen MR) is 483 cm³/mol. The van der Waals surface area contributed by atoms with Crippen LogP contribution in [0.5, 0.6) is 0 Å². The first-order chi connectivity index (χ1) is 59.6. The number of methoxy groups -OCH3 is 1. The third kappa shape index (κ3) is 29.6. The summed E-state index contributed by atoms with van der Waals surface area (Å²) in [4.78, 5) is 111. The molecule has 6 aromatic carbocycles. The maximum Gasteiger partial charge on any atom is 0.408 e. The fourth-order valence-corrected chi connectivity index (χ4v) is 16.3. The number of H-pyrrole nitrogens is 2. The SMILES string of the molecule is C.CC(C)(C)OC(=O)NC(C(=O)O)c1ccc(F)cc1.CC(C)C1CCC(=O)CC1.CCC[C@@H](N)c1ccc(C(=O)OC)cc1.CCC[C@H](c1ccc(C(=O)NCc2nn[nH]n2)cc1)N1C(=O)C(c2ccc(F)cc2)=NC12CCC(C(C)C)CC2.CCC[C@H](c1ccc(C(=O)O)cc1)N1C(=O)C(c2ccc(F)cc2)=NC12CCC(C(C)C)CC2.Cl.NCc1nn[nH]n1. The molecule has 1 unspecified atom stereocenters. The highest BCUT2D eigenvalue weighted by Gasteiger charge is 2.54. The van der Waals surface area contributed by atoms with Crippen LogP contribution in [0.1, 0.15) is 306 Å². The molecular weight excluding hydrogens is 1650 g/mol. The number of hydrogen-bond donors (Lipinski definition) is 8. The summed E-state index contributed by atoms with van der Waals surface area (Å²) in [5.41, 5.74) is 15.6. The molecule has 4 amide bonds. The number of esters is 1. The van der Waals surface area contributed by atoms with Gasteiger partial charge in [-0.3, -0.25) is 29.2 Å².